The van der Waals surface area contributed by atoms with Gasteiger partial charge in [0.05, 0.1) is 13.5 Å². The number of esters is 1. The van der Waals surface area contributed by atoms with Crippen molar-refractivity contribution in [1.29, 1.82) is 0 Å². The molecular formula is C19H28N2O3. The third-order valence-electron chi connectivity index (χ3n) is 4.93. The third-order valence-corrected chi connectivity index (χ3v) is 4.93. The van der Waals surface area contributed by atoms with E-state index in [4.69, 9.17) is 0 Å². The summed E-state index contributed by atoms with van der Waals surface area (Å²) in [6.45, 7) is 4.16. The van der Waals surface area contributed by atoms with E-state index in [0.29, 0.717) is 6.04 Å². The van der Waals surface area contributed by atoms with Crippen LogP contribution in [0.3, 0.4) is 0 Å². The Labute approximate surface area is 144 Å². The molecule has 1 aliphatic rings. The minimum absolute atomic E-state index is 0.0223. The standard InChI is InChI=1S/C19H28N2O3/c1-15-13-17(20(2)18(22)9-10-19(23)24-3)11-12-21(15)14-16-7-5-4-6-8-16/h4-8,15,17H,9-14H2,1-3H3/t15-,17+/m0/s1. The zero-order valence-corrected chi connectivity index (χ0v) is 14.9. The number of carbonyl (C=O) groups excluding carboxylic acids is 2. The molecule has 1 aromatic rings. The van der Waals surface area contributed by atoms with E-state index in [1.165, 1.54) is 12.7 Å². The number of carbonyl (C=O) groups is 2. The molecule has 1 fully saturated rings. The summed E-state index contributed by atoms with van der Waals surface area (Å²) < 4.78 is 4.60. The Balaban J connectivity index is 1.83. The Hall–Kier alpha value is -1.88. The molecule has 5 nitrogen and oxygen atoms in total. The zero-order valence-electron chi connectivity index (χ0n) is 14.9. The molecule has 0 aromatic heterocycles. The first-order chi connectivity index (χ1) is 11.5. The van der Waals surface area contributed by atoms with E-state index in [1.807, 2.05) is 18.0 Å². The number of rotatable bonds is 6. The molecule has 0 radical (unpaired) electrons. The smallest absolute Gasteiger partial charge is 0.306 e. The monoisotopic (exact) mass is 332 g/mol. The van der Waals surface area contributed by atoms with Gasteiger partial charge in [-0.05, 0) is 25.3 Å². The number of benzene rings is 1. The topological polar surface area (TPSA) is 49.9 Å². The van der Waals surface area contributed by atoms with Crippen molar-refractivity contribution in [2.45, 2.75) is 51.2 Å². The van der Waals surface area contributed by atoms with Gasteiger partial charge in [-0.25, -0.2) is 0 Å². The second-order valence-corrected chi connectivity index (χ2v) is 6.56. The SMILES string of the molecule is COC(=O)CCC(=O)N(C)[C@@H]1CCN(Cc2ccccc2)[C@@H](C)C1. The van der Waals surface area contributed by atoms with Gasteiger partial charge in [-0.2, -0.15) is 0 Å². The van der Waals surface area contributed by atoms with E-state index >= 15 is 0 Å². The van der Waals surface area contributed by atoms with Gasteiger partial charge in [0.25, 0.3) is 0 Å². The molecule has 24 heavy (non-hydrogen) atoms. The Morgan fingerprint density at radius 1 is 1.25 bits per heavy atom. The number of hydrogen-bond donors (Lipinski definition) is 0. The Bertz CT molecular complexity index is 547. The lowest BCUT2D eigenvalue weighted by Crippen LogP contribution is -2.49. The molecule has 0 spiro atoms. The van der Waals surface area contributed by atoms with Crippen LogP contribution in [0.1, 0.15) is 38.2 Å². The van der Waals surface area contributed by atoms with Crippen molar-refractivity contribution in [3.05, 3.63) is 35.9 Å². The molecule has 0 N–H and O–H groups in total. The summed E-state index contributed by atoms with van der Waals surface area (Å²) in [7, 11) is 3.20. The van der Waals surface area contributed by atoms with E-state index in [-0.39, 0.29) is 30.8 Å². The molecule has 0 aliphatic carbocycles. The highest BCUT2D eigenvalue weighted by Crippen LogP contribution is 2.23. The number of piperidine rings is 1. The van der Waals surface area contributed by atoms with Crippen molar-refractivity contribution < 1.29 is 14.3 Å². The molecule has 1 saturated heterocycles. The van der Waals surface area contributed by atoms with E-state index in [2.05, 4.69) is 40.8 Å². The van der Waals surface area contributed by atoms with Gasteiger partial charge < -0.3 is 9.64 Å². The molecule has 132 valence electrons. The Morgan fingerprint density at radius 2 is 1.96 bits per heavy atom. The maximum absolute atomic E-state index is 12.2. The third kappa shape index (κ3) is 5.06. The molecule has 1 aliphatic heterocycles. The number of ether oxygens (including phenoxy) is 1. The van der Waals surface area contributed by atoms with Crippen molar-refractivity contribution in [1.82, 2.24) is 9.80 Å². The number of likely N-dealkylation sites (tertiary alicyclic amines) is 1. The van der Waals surface area contributed by atoms with E-state index in [9.17, 15) is 9.59 Å². The highest BCUT2D eigenvalue weighted by molar-refractivity contribution is 5.81. The Kier molecular flexibility index (Phi) is 6.79. The predicted octanol–water partition coefficient (Wildman–Crippen LogP) is 2.45. The Morgan fingerprint density at radius 3 is 2.58 bits per heavy atom. The molecule has 1 heterocycles. The molecule has 0 saturated carbocycles. The van der Waals surface area contributed by atoms with Crippen molar-refractivity contribution >= 4 is 11.9 Å². The van der Waals surface area contributed by atoms with Gasteiger partial charge >= 0.3 is 5.97 Å². The van der Waals surface area contributed by atoms with Crippen LogP contribution in [0.2, 0.25) is 0 Å². The number of amides is 1. The van der Waals surface area contributed by atoms with Gasteiger partial charge in [0.15, 0.2) is 0 Å². The van der Waals surface area contributed by atoms with Crippen molar-refractivity contribution in [3.8, 4) is 0 Å². The van der Waals surface area contributed by atoms with Gasteiger partial charge in [0.1, 0.15) is 0 Å². The van der Waals surface area contributed by atoms with E-state index < -0.39 is 0 Å². The van der Waals surface area contributed by atoms with Gasteiger partial charge in [-0.1, -0.05) is 30.3 Å². The lowest BCUT2D eigenvalue weighted by molar-refractivity contribution is -0.144. The summed E-state index contributed by atoms with van der Waals surface area (Å²) in [5.41, 5.74) is 1.32. The first-order valence-electron chi connectivity index (χ1n) is 8.61. The normalized spacial score (nSPS) is 21.3. The van der Waals surface area contributed by atoms with Crippen LogP contribution in [0.15, 0.2) is 30.3 Å². The fourth-order valence-electron chi connectivity index (χ4n) is 3.29. The van der Waals surface area contributed by atoms with Crippen molar-refractivity contribution in [3.63, 3.8) is 0 Å². The summed E-state index contributed by atoms with van der Waals surface area (Å²) in [4.78, 5) is 27.7. The van der Waals surface area contributed by atoms with Crippen LogP contribution in [0.4, 0.5) is 0 Å². The van der Waals surface area contributed by atoms with Crippen LogP contribution in [-0.2, 0) is 20.9 Å². The predicted molar refractivity (Wildman–Crippen MR) is 93.4 cm³/mol. The largest absolute Gasteiger partial charge is 0.469 e. The second-order valence-electron chi connectivity index (χ2n) is 6.56. The summed E-state index contributed by atoms with van der Waals surface area (Å²) in [5.74, 6) is -0.308. The average Bonchev–Trinajstić information content (AvgIpc) is 2.61. The first kappa shape index (κ1) is 18.5. The zero-order chi connectivity index (χ0) is 17.5. The highest BCUT2D eigenvalue weighted by atomic mass is 16.5. The molecule has 0 unspecified atom stereocenters. The van der Waals surface area contributed by atoms with Crippen LogP contribution in [-0.4, -0.2) is 54.5 Å². The lowest BCUT2D eigenvalue weighted by Gasteiger charge is -2.41. The van der Waals surface area contributed by atoms with Crippen molar-refractivity contribution in [2.24, 2.45) is 0 Å². The maximum Gasteiger partial charge on any atom is 0.306 e. The molecule has 1 amide bonds. The van der Waals surface area contributed by atoms with Gasteiger partial charge in [-0.3, -0.25) is 14.5 Å². The molecular weight excluding hydrogens is 304 g/mol. The molecule has 5 heteroatoms. The fraction of sp³-hybridized carbons (Fsp3) is 0.579. The van der Waals surface area contributed by atoms with Crippen LogP contribution < -0.4 is 0 Å². The first-order valence-corrected chi connectivity index (χ1v) is 8.61. The summed E-state index contributed by atoms with van der Waals surface area (Å²) in [6.07, 6.45) is 2.31. The van der Waals surface area contributed by atoms with Gasteiger partial charge in [0.2, 0.25) is 5.91 Å². The molecule has 2 rings (SSSR count). The van der Waals surface area contributed by atoms with E-state index in [1.54, 1.807) is 0 Å². The lowest BCUT2D eigenvalue weighted by atomic mass is 9.96. The van der Waals surface area contributed by atoms with Gasteiger partial charge in [0, 0.05) is 38.6 Å². The highest BCUT2D eigenvalue weighted by Gasteiger charge is 2.29. The van der Waals surface area contributed by atoms with Crippen molar-refractivity contribution in [2.75, 3.05) is 20.7 Å². The number of nitrogens with zero attached hydrogens (tertiary/aromatic N) is 2. The van der Waals surface area contributed by atoms with Crippen LogP contribution >= 0.6 is 0 Å². The summed E-state index contributed by atoms with van der Waals surface area (Å²) in [5, 5.41) is 0. The van der Waals surface area contributed by atoms with Crippen LogP contribution in [0.5, 0.6) is 0 Å². The number of methoxy groups -OCH3 is 1. The van der Waals surface area contributed by atoms with Gasteiger partial charge in [-0.15, -0.1) is 0 Å². The quantitative estimate of drug-likeness (QED) is 0.751. The second kappa shape index (κ2) is 8.83. The maximum atomic E-state index is 12.2. The number of hydrogen-bond acceptors (Lipinski definition) is 4. The average molecular weight is 332 g/mol. The minimum Gasteiger partial charge on any atom is -0.469 e. The molecule has 0 bridgehead atoms. The fourth-order valence-corrected chi connectivity index (χ4v) is 3.29. The van der Waals surface area contributed by atoms with Crippen LogP contribution in [0, 0.1) is 0 Å². The summed E-state index contributed by atoms with van der Waals surface area (Å²) in [6, 6.07) is 11.2. The summed E-state index contributed by atoms with van der Waals surface area (Å²) >= 11 is 0. The van der Waals surface area contributed by atoms with E-state index in [0.717, 1.165) is 25.9 Å². The minimum atomic E-state index is -0.331. The molecule has 2 atom stereocenters. The van der Waals surface area contributed by atoms with Crippen LogP contribution in [0.25, 0.3) is 0 Å². The molecule has 1 aromatic carbocycles.